The van der Waals surface area contributed by atoms with Crippen molar-refractivity contribution < 1.29 is 14.3 Å². The van der Waals surface area contributed by atoms with Gasteiger partial charge in [0.2, 0.25) is 5.78 Å². The highest BCUT2D eigenvalue weighted by Gasteiger charge is 2.16. The van der Waals surface area contributed by atoms with E-state index >= 15 is 0 Å². The standard InChI is InChI=1S/C19H20ClNO3/c1-21(2)14-7-5-13(6-8-14)11-17(20)19(22)16-12-15(23-3)9-10-18(16)24-4/h5-12H,1-4H3. The van der Waals surface area contributed by atoms with Crippen LogP contribution in [0.5, 0.6) is 11.5 Å². The van der Waals surface area contributed by atoms with Crippen LogP contribution in [0.25, 0.3) is 6.08 Å². The first-order chi connectivity index (χ1) is 11.5. The van der Waals surface area contributed by atoms with Crippen LogP contribution in [0.1, 0.15) is 15.9 Å². The lowest BCUT2D eigenvalue weighted by Crippen LogP contribution is -2.08. The molecule has 0 N–H and O–H groups in total. The second-order valence-electron chi connectivity index (χ2n) is 5.37. The topological polar surface area (TPSA) is 38.8 Å². The normalized spacial score (nSPS) is 11.1. The van der Waals surface area contributed by atoms with Crippen molar-refractivity contribution in [3.63, 3.8) is 0 Å². The Labute approximate surface area is 147 Å². The summed E-state index contributed by atoms with van der Waals surface area (Å²) in [6, 6.07) is 12.8. The van der Waals surface area contributed by atoms with Gasteiger partial charge < -0.3 is 14.4 Å². The van der Waals surface area contributed by atoms with E-state index in [0.717, 1.165) is 11.3 Å². The summed E-state index contributed by atoms with van der Waals surface area (Å²) < 4.78 is 10.4. The first kappa shape index (κ1) is 17.9. The number of ketones is 1. The second-order valence-corrected chi connectivity index (χ2v) is 5.78. The summed E-state index contributed by atoms with van der Waals surface area (Å²) in [5, 5.41) is 0.110. The zero-order chi connectivity index (χ0) is 17.7. The van der Waals surface area contributed by atoms with Gasteiger partial charge in [-0.3, -0.25) is 4.79 Å². The van der Waals surface area contributed by atoms with E-state index in [1.807, 2.05) is 43.3 Å². The molecule has 2 aromatic rings. The molecule has 0 radical (unpaired) electrons. The van der Waals surface area contributed by atoms with Gasteiger partial charge in [-0.15, -0.1) is 0 Å². The van der Waals surface area contributed by atoms with E-state index in [-0.39, 0.29) is 10.8 Å². The van der Waals surface area contributed by atoms with Crippen molar-refractivity contribution in [1.82, 2.24) is 0 Å². The molecule has 2 aromatic carbocycles. The van der Waals surface area contributed by atoms with Crippen molar-refractivity contribution in [2.45, 2.75) is 0 Å². The van der Waals surface area contributed by atoms with E-state index in [0.29, 0.717) is 17.1 Å². The number of nitrogens with zero attached hydrogens (tertiary/aromatic N) is 1. The molecule has 0 amide bonds. The van der Waals surface area contributed by atoms with Crippen molar-refractivity contribution in [2.75, 3.05) is 33.2 Å². The Hall–Kier alpha value is -2.46. The lowest BCUT2D eigenvalue weighted by atomic mass is 10.1. The van der Waals surface area contributed by atoms with Crippen molar-refractivity contribution in [3.05, 3.63) is 58.6 Å². The lowest BCUT2D eigenvalue weighted by Gasteiger charge is -2.12. The number of methoxy groups -OCH3 is 2. The fourth-order valence-electron chi connectivity index (χ4n) is 2.20. The summed E-state index contributed by atoms with van der Waals surface area (Å²) in [6.07, 6.45) is 1.64. The molecule has 0 spiro atoms. The van der Waals surface area contributed by atoms with Gasteiger partial charge in [0.05, 0.1) is 24.8 Å². The number of halogens is 1. The van der Waals surface area contributed by atoms with Crippen LogP contribution < -0.4 is 14.4 Å². The van der Waals surface area contributed by atoms with Crippen LogP contribution in [0.2, 0.25) is 0 Å². The van der Waals surface area contributed by atoms with Crippen molar-refractivity contribution in [3.8, 4) is 11.5 Å². The van der Waals surface area contributed by atoms with Crippen LogP contribution in [0, 0.1) is 0 Å². The quantitative estimate of drug-likeness (QED) is 0.580. The van der Waals surface area contributed by atoms with Gasteiger partial charge in [0.25, 0.3) is 0 Å². The van der Waals surface area contributed by atoms with E-state index < -0.39 is 0 Å². The molecule has 0 fully saturated rings. The number of hydrogen-bond donors (Lipinski definition) is 0. The average molecular weight is 346 g/mol. The Morgan fingerprint density at radius 3 is 2.25 bits per heavy atom. The van der Waals surface area contributed by atoms with Crippen molar-refractivity contribution >= 4 is 29.1 Å². The van der Waals surface area contributed by atoms with Crippen LogP contribution in [-0.2, 0) is 0 Å². The Kier molecular flexibility index (Phi) is 5.88. The number of carbonyl (C=O) groups is 1. The van der Waals surface area contributed by atoms with Crippen LogP contribution in [0.15, 0.2) is 47.5 Å². The molecule has 24 heavy (non-hydrogen) atoms. The summed E-state index contributed by atoms with van der Waals surface area (Å²) in [5.41, 5.74) is 2.29. The monoisotopic (exact) mass is 345 g/mol. The fourth-order valence-corrected chi connectivity index (χ4v) is 2.43. The molecule has 0 atom stereocenters. The number of rotatable bonds is 6. The number of allylic oxidation sites excluding steroid dienone is 1. The Bertz CT molecular complexity index is 752. The summed E-state index contributed by atoms with van der Waals surface area (Å²) in [7, 11) is 6.99. The third-order valence-electron chi connectivity index (χ3n) is 3.57. The van der Waals surface area contributed by atoms with Gasteiger partial charge in [-0.25, -0.2) is 0 Å². The highest BCUT2D eigenvalue weighted by molar-refractivity contribution is 6.47. The maximum atomic E-state index is 12.6. The maximum absolute atomic E-state index is 12.6. The van der Waals surface area contributed by atoms with Gasteiger partial charge in [-0.1, -0.05) is 23.7 Å². The number of ether oxygens (including phenoxy) is 2. The summed E-state index contributed by atoms with van der Waals surface area (Å²) in [5.74, 6) is 0.707. The van der Waals surface area contributed by atoms with E-state index in [9.17, 15) is 4.79 Å². The SMILES string of the molecule is COc1ccc(OC)c(C(=O)C(Cl)=Cc2ccc(N(C)C)cc2)c1. The Morgan fingerprint density at radius 2 is 1.71 bits per heavy atom. The number of Topliss-reactive ketones (excluding diaryl/α,β-unsaturated/α-hetero) is 1. The Balaban J connectivity index is 2.31. The fraction of sp³-hybridized carbons (Fsp3) is 0.211. The molecule has 0 aliphatic rings. The number of hydrogen-bond acceptors (Lipinski definition) is 4. The van der Waals surface area contributed by atoms with Crippen molar-refractivity contribution in [2.24, 2.45) is 0 Å². The van der Waals surface area contributed by atoms with Gasteiger partial charge in [0.1, 0.15) is 11.5 Å². The predicted octanol–water partition coefficient (Wildman–Crippen LogP) is 4.23. The van der Waals surface area contributed by atoms with Crippen LogP contribution >= 0.6 is 11.6 Å². The molecule has 0 saturated heterocycles. The number of anilines is 1. The second kappa shape index (κ2) is 7.88. The molecular weight excluding hydrogens is 326 g/mol. The molecule has 0 unspecified atom stereocenters. The molecule has 0 saturated carbocycles. The minimum Gasteiger partial charge on any atom is -0.497 e. The smallest absolute Gasteiger partial charge is 0.208 e. The molecule has 126 valence electrons. The predicted molar refractivity (Wildman–Crippen MR) is 98.5 cm³/mol. The van der Waals surface area contributed by atoms with Crippen LogP contribution in [0.3, 0.4) is 0 Å². The third-order valence-corrected chi connectivity index (χ3v) is 3.85. The van der Waals surface area contributed by atoms with Gasteiger partial charge in [0, 0.05) is 19.8 Å². The van der Waals surface area contributed by atoms with Crippen LogP contribution in [-0.4, -0.2) is 34.1 Å². The van der Waals surface area contributed by atoms with E-state index in [2.05, 4.69) is 0 Å². The summed E-state index contributed by atoms with van der Waals surface area (Å²) in [6.45, 7) is 0. The molecule has 0 aliphatic heterocycles. The first-order valence-electron chi connectivity index (χ1n) is 7.37. The van der Waals surface area contributed by atoms with E-state index in [4.69, 9.17) is 21.1 Å². The van der Waals surface area contributed by atoms with E-state index in [1.165, 1.54) is 7.11 Å². The maximum Gasteiger partial charge on any atom is 0.208 e. The first-order valence-corrected chi connectivity index (χ1v) is 7.75. The average Bonchev–Trinajstić information content (AvgIpc) is 2.60. The molecular formula is C19H20ClNO3. The number of carbonyl (C=O) groups excluding carboxylic acids is 1. The zero-order valence-electron chi connectivity index (χ0n) is 14.2. The van der Waals surface area contributed by atoms with Gasteiger partial charge in [0.15, 0.2) is 0 Å². The largest absolute Gasteiger partial charge is 0.497 e. The summed E-state index contributed by atoms with van der Waals surface area (Å²) in [4.78, 5) is 14.6. The molecule has 0 aliphatic carbocycles. The molecule has 0 aromatic heterocycles. The summed E-state index contributed by atoms with van der Waals surface area (Å²) >= 11 is 6.23. The zero-order valence-corrected chi connectivity index (χ0v) is 14.9. The Morgan fingerprint density at radius 1 is 1.04 bits per heavy atom. The highest BCUT2D eigenvalue weighted by Crippen LogP contribution is 2.28. The minimum atomic E-state index is -0.316. The van der Waals surface area contributed by atoms with Gasteiger partial charge in [-0.05, 0) is 42.0 Å². The molecule has 2 rings (SSSR count). The molecule has 0 heterocycles. The van der Waals surface area contributed by atoms with Gasteiger partial charge in [-0.2, -0.15) is 0 Å². The molecule has 0 bridgehead atoms. The van der Waals surface area contributed by atoms with E-state index in [1.54, 1.807) is 31.4 Å². The molecule has 5 heteroatoms. The lowest BCUT2D eigenvalue weighted by molar-refractivity contribution is 0.104. The highest BCUT2D eigenvalue weighted by atomic mass is 35.5. The van der Waals surface area contributed by atoms with Crippen LogP contribution in [0.4, 0.5) is 5.69 Å². The minimum absolute atomic E-state index is 0.110. The van der Waals surface area contributed by atoms with Gasteiger partial charge >= 0.3 is 0 Å². The third kappa shape index (κ3) is 4.09. The molecule has 4 nitrogen and oxygen atoms in total. The van der Waals surface area contributed by atoms with Crippen molar-refractivity contribution in [1.29, 1.82) is 0 Å². The number of benzene rings is 2.